The normalized spacial score (nSPS) is 11.4. The van der Waals surface area contributed by atoms with Gasteiger partial charge in [-0.05, 0) is 38.0 Å². The SMILES string of the molecule is CCC(C)(CC)NC(=O)c1ccc(Cl)c(Cl)c1. The summed E-state index contributed by atoms with van der Waals surface area (Å²) >= 11 is 11.7. The fourth-order valence-corrected chi connectivity index (χ4v) is 1.71. The molecular formula is C13H17Cl2NO. The third-order valence-corrected chi connectivity index (χ3v) is 3.90. The Morgan fingerprint density at radius 2 is 1.82 bits per heavy atom. The van der Waals surface area contributed by atoms with Gasteiger partial charge in [0.2, 0.25) is 0 Å². The lowest BCUT2D eigenvalue weighted by Crippen LogP contribution is -2.44. The van der Waals surface area contributed by atoms with Gasteiger partial charge in [-0.25, -0.2) is 0 Å². The summed E-state index contributed by atoms with van der Waals surface area (Å²) in [5, 5.41) is 3.87. The summed E-state index contributed by atoms with van der Waals surface area (Å²) in [5.41, 5.74) is 0.357. The second kappa shape index (κ2) is 5.74. The Balaban J connectivity index is 2.86. The zero-order valence-corrected chi connectivity index (χ0v) is 11.8. The van der Waals surface area contributed by atoms with Crippen LogP contribution in [0, 0.1) is 0 Å². The fraction of sp³-hybridized carbons (Fsp3) is 0.462. The Bertz CT molecular complexity index is 414. The molecule has 0 aliphatic carbocycles. The van der Waals surface area contributed by atoms with Crippen LogP contribution in [0.25, 0.3) is 0 Å². The maximum Gasteiger partial charge on any atom is 0.251 e. The van der Waals surface area contributed by atoms with Crippen molar-refractivity contribution in [1.82, 2.24) is 5.32 Å². The summed E-state index contributed by atoms with van der Waals surface area (Å²) < 4.78 is 0. The first-order valence-electron chi connectivity index (χ1n) is 5.69. The first kappa shape index (κ1) is 14.3. The first-order valence-corrected chi connectivity index (χ1v) is 6.45. The van der Waals surface area contributed by atoms with Crippen molar-refractivity contribution in [2.24, 2.45) is 0 Å². The molecule has 94 valence electrons. The summed E-state index contributed by atoms with van der Waals surface area (Å²) in [7, 11) is 0. The van der Waals surface area contributed by atoms with Crippen molar-refractivity contribution in [3.8, 4) is 0 Å². The van der Waals surface area contributed by atoms with Gasteiger partial charge in [0.05, 0.1) is 10.0 Å². The van der Waals surface area contributed by atoms with E-state index in [0.717, 1.165) is 12.8 Å². The highest BCUT2D eigenvalue weighted by molar-refractivity contribution is 6.42. The van der Waals surface area contributed by atoms with Crippen molar-refractivity contribution in [3.05, 3.63) is 33.8 Å². The minimum atomic E-state index is -0.177. The van der Waals surface area contributed by atoms with E-state index in [9.17, 15) is 4.79 Å². The van der Waals surface area contributed by atoms with Crippen LogP contribution >= 0.6 is 23.2 Å². The largest absolute Gasteiger partial charge is 0.347 e. The van der Waals surface area contributed by atoms with E-state index in [-0.39, 0.29) is 11.4 Å². The van der Waals surface area contributed by atoms with Crippen LogP contribution in [0.5, 0.6) is 0 Å². The second-order valence-electron chi connectivity index (χ2n) is 4.35. The molecule has 0 bridgehead atoms. The highest BCUT2D eigenvalue weighted by atomic mass is 35.5. The van der Waals surface area contributed by atoms with Crippen LogP contribution in [-0.4, -0.2) is 11.4 Å². The molecule has 0 saturated heterocycles. The third-order valence-electron chi connectivity index (χ3n) is 3.16. The van der Waals surface area contributed by atoms with Crippen LogP contribution in [0.1, 0.15) is 44.0 Å². The molecule has 1 amide bonds. The highest BCUT2D eigenvalue weighted by Crippen LogP contribution is 2.23. The van der Waals surface area contributed by atoms with Crippen LogP contribution < -0.4 is 5.32 Å². The van der Waals surface area contributed by atoms with E-state index in [1.54, 1.807) is 18.2 Å². The number of hydrogen-bond donors (Lipinski definition) is 1. The predicted molar refractivity (Wildman–Crippen MR) is 72.9 cm³/mol. The Morgan fingerprint density at radius 1 is 1.24 bits per heavy atom. The summed E-state index contributed by atoms with van der Waals surface area (Å²) in [5.74, 6) is -0.116. The lowest BCUT2D eigenvalue weighted by atomic mass is 9.95. The molecule has 4 heteroatoms. The van der Waals surface area contributed by atoms with Crippen molar-refractivity contribution < 1.29 is 4.79 Å². The number of benzene rings is 1. The average Bonchev–Trinajstić information content (AvgIpc) is 2.32. The minimum absolute atomic E-state index is 0.116. The Labute approximate surface area is 112 Å². The van der Waals surface area contributed by atoms with Crippen LogP contribution in [0.15, 0.2) is 18.2 Å². The molecule has 0 aliphatic heterocycles. The van der Waals surface area contributed by atoms with E-state index in [4.69, 9.17) is 23.2 Å². The molecule has 1 N–H and O–H groups in total. The lowest BCUT2D eigenvalue weighted by Gasteiger charge is -2.28. The number of hydrogen-bond acceptors (Lipinski definition) is 1. The number of carbonyl (C=O) groups is 1. The Hall–Kier alpha value is -0.730. The van der Waals surface area contributed by atoms with Gasteiger partial charge in [-0.3, -0.25) is 4.79 Å². The molecule has 17 heavy (non-hydrogen) atoms. The van der Waals surface area contributed by atoms with Gasteiger partial charge in [-0.2, -0.15) is 0 Å². The van der Waals surface area contributed by atoms with Gasteiger partial charge < -0.3 is 5.32 Å². The molecular weight excluding hydrogens is 257 g/mol. The maximum absolute atomic E-state index is 12.0. The van der Waals surface area contributed by atoms with Crippen LogP contribution in [-0.2, 0) is 0 Å². The molecule has 0 heterocycles. The number of nitrogens with one attached hydrogen (secondary N) is 1. The molecule has 1 aromatic rings. The van der Waals surface area contributed by atoms with Gasteiger partial charge in [0.1, 0.15) is 0 Å². The summed E-state index contributed by atoms with van der Waals surface area (Å²) in [6, 6.07) is 4.90. The third kappa shape index (κ3) is 3.62. The van der Waals surface area contributed by atoms with Crippen molar-refractivity contribution in [3.63, 3.8) is 0 Å². The standard InChI is InChI=1S/C13H17Cl2NO/c1-4-13(3,5-2)16-12(17)9-6-7-10(14)11(15)8-9/h6-8H,4-5H2,1-3H3,(H,16,17). The van der Waals surface area contributed by atoms with E-state index < -0.39 is 0 Å². The van der Waals surface area contributed by atoms with Gasteiger partial charge in [-0.1, -0.05) is 37.0 Å². The summed E-state index contributed by atoms with van der Waals surface area (Å²) in [6.07, 6.45) is 1.77. The molecule has 1 rings (SSSR count). The molecule has 1 aromatic carbocycles. The van der Waals surface area contributed by atoms with E-state index >= 15 is 0 Å². The Kier molecular flexibility index (Phi) is 4.84. The van der Waals surface area contributed by atoms with Crippen LogP contribution in [0.3, 0.4) is 0 Å². The van der Waals surface area contributed by atoms with Crippen LogP contribution in [0.2, 0.25) is 10.0 Å². The number of amides is 1. The molecule has 0 atom stereocenters. The zero-order valence-electron chi connectivity index (χ0n) is 10.3. The summed E-state index contributed by atoms with van der Waals surface area (Å²) in [6.45, 7) is 6.14. The van der Waals surface area contributed by atoms with Crippen molar-refractivity contribution in [1.29, 1.82) is 0 Å². The molecule has 0 unspecified atom stereocenters. The number of carbonyl (C=O) groups excluding carboxylic acids is 1. The smallest absolute Gasteiger partial charge is 0.251 e. The van der Waals surface area contributed by atoms with Crippen molar-refractivity contribution in [2.75, 3.05) is 0 Å². The fourth-order valence-electron chi connectivity index (χ4n) is 1.41. The molecule has 0 aromatic heterocycles. The summed E-state index contributed by atoms with van der Waals surface area (Å²) in [4.78, 5) is 12.0. The zero-order chi connectivity index (χ0) is 13.1. The van der Waals surface area contributed by atoms with E-state index in [1.807, 2.05) is 6.92 Å². The predicted octanol–water partition coefficient (Wildman–Crippen LogP) is 4.30. The number of rotatable bonds is 4. The highest BCUT2D eigenvalue weighted by Gasteiger charge is 2.22. The van der Waals surface area contributed by atoms with Gasteiger partial charge >= 0.3 is 0 Å². The average molecular weight is 274 g/mol. The minimum Gasteiger partial charge on any atom is -0.347 e. The molecule has 2 nitrogen and oxygen atoms in total. The maximum atomic E-state index is 12.0. The van der Waals surface area contributed by atoms with Gasteiger partial charge in [-0.15, -0.1) is 0 Å². The lowest BCUT2D eigenvalue weighted by molar-refractivity contribution is 0.0901. The molecule has 0 saturated carbocycles. The van der Waals surface area contributed by atoms with Crippen molar-refractivity contribution in [2.45, 2.75) is 39.2 Å². The molecule has 0 fully saturated rings. The van der Waals surface area contributed by atoms with Crippen LogP contribution in [0.4, 0.5) is 0 Å². The molecule has 0 spiro atoms. The number of halogens is 2. The topological polar surface area (TPSA) is 29.1 Å². The Morgan fingerprint density at radius 3 is 2.29 bits per heavy atom. The van der Waals surface area contributed by atoms with E-state index in [0.29, 0.717) is 15.6 Å². The monoisotopic (exact) mass is 273 g/mol. The van der Waals surface area contributed by atoms with Gasteiger partial charge in [0, 0.05) is 11.1 Å². The quantitative estimate of drug-likeness (QED) is 0.871. The van der Waals surface area contributed by atoms with Gasteiger partial charge in [0.25, 0.3) is 5.91 Å². The molecule has 0 aliphatic rings. The van der Waals surface area contributed by atoms with E-state index in [1.165, 1.54) is 0 Å². The van der Waals surface area contributed by atoms with Crippen molar-refractivity contribution >= 4 is 29.1 Å². The van der Waals surface area contributed by atoms with Gasteiger partial charge in [0.15, 0.2) is 0 Å². The first-order chi connectivity index (χ1) is 7.91. The second-order valence-corrected chi connectivity index (χ2v) is 5.17. The van der Waals surface area contributed by atoms with E-state index in [2.05, 4.69) is 19.2 Å². The molecule has 0 radical (unpaired) electrons.